The van der Waals surface area contributed by atoms with Gasteiger partial charge in [-0.2, -0.15) is 0 Å². The van der Waals surface area contributed by atoms with Crippen LogP contribution in [0.1, 0.15) is 16.4 Å². The fourth-order valence-corrected chi connectivity index (χ4v) is 4.71. The zero-order chi connectivity index (χ0) is 20.9. The molecule has 0 aliphatic heterocycles. The van der Waals surface area contributed by atoms with Gasteiger partial charge in [-0.15, -0.1) is 10.2 Å². The molecule has 0 radical (unpaired) electrons. The van der Waals surface area contributed by atoms with E-state index < -0.39 is 0 Å². The van der Waals surface area contributed by atoms with Crippen LogP contribution in [0.2, 0.25) is 0 Å². The van der Waals surface area contributed by atoms with Gasteiger partial charge in [0.1, 0.15) is 0 Å². The summed E-state index contributed by atoms with van der Waals surface area (Å²) >= 11 is 1.70. The zero-order valence-electron chi connectivity index (χ0n) is 16.7. The first-order valence-corrected chi connectivity index (χ1v) is 11.0. The molecule has 150 valence electrons. The number of nitrogens with zero attached hydrogens (tertiary/aromatic N) is 4. The van der Waals surface area contributed by atoms with Crippen molar-refractivity contribution in [1.29, 1.82) is 0 Å². The maximum absolute atomic E-state index is 4.61. The van der Waals surface area contributed by atoms with Gasteiger partial charge in [0.2, 0.25) is 0 Å². The molecule has 0 amide bonds. The van der Waals surface area contributed by atoms with Crippen LogP contribution in [0.15, 0.2) is 121 Å². The van der Waals surface area contributed by atoms with E-state index >= 15 is 0 Å². The summed E-state index contributed by atoms with van der Waals surface area (Å²) in [7, 11) is 0. The molecule has 0 aliphatic rings. The van der Waals surface area contributed by atoms with Crippen molar-refractivity contribution < 1.29 is 0 Å². The van der Waals surface area contributed by atoms with E-state index in [0.717, 1.165) is 22.2 Å². The first-order chi connectivity index (χ1) is 15.4. The molecular weight excluding hydrogens is 400 g/mol. The summed E-state index contributed by atoms with van der Waals surface area (Å²) in [6.07, 6.45) is 3.59. The van der Waals surface area contributed by atoms with Crippen molar-refractivity contribution in [2.24, 2.45) is 0 Å². The fraction of sp³-hybridized carbons (Fsp3) is 0.0385. The summed E-state index contributed by atoms with van der Waals surface area (Å²) in [5.41, 5.74) is 4.41. The molecule has 0 aliphatic carbocycles. The van der Waals surface area contributed by atoms with Gasteiger partial charge in [-0.25, -0.2) is 0 Å². The quantitative estimate of drug-likeness (QED) is 0.306. The van der Waals surface area contributed by atoms with Gasteiger partial charge in [0.15, 0.2) is 11.0 Å². The molecule has 0 spiro atoms. The Bertz CT molecular complexity index is 1200. The van der Waals surface area contributed by atoms with Gasteiger partial charge < -0.3 is 0 Å². The molecule has 0 N–H and O–H groups in total. The number of hydrogen-bond acceptors (Lipinski definition) is 4. The number of benzene rings is 3. The second kappa shape index (κ2) is 8.98. The minimum atomic E-state index is 0.0933. The van der Waals surface area contributed by atoms with Crippen LogP contribution in [-0.2, 0) is 0 Å². The summed E-state index contributed by atoms with van der Waals surface area (Å²) < 4.78 is 2.11. The molecule has 5 aromatic rings. The molecule has 5 rings (SSSR count). The predicted octanol–water partition coefficient (Wildman–Crippen LogP) is 6.21. The van der Waals surface area contributed by atoms with Crippen LogP contribution in [-0.4, -0.2) is 19.7 Å². The summed E-state index contributed by atoms with van der Waals surface area (Å²) in [6.45, 7) is 0. The van der Waals surface area contributed by atoms with Crippen molar-refractivity contribution in [2.75, 3.05) is 0 Å². The maximum Gasteiger partial charge on any atom is 0.197 e. The Balaban J connectivity index is 1.63. The number of hydrogen-bond donors (Lipinski definition) is 0. The molecule has 0 saturated heterocycles. The third-order valence-electron chi connectivity index (χ3n) is 5.00. The number of aromatic nitrogens is 4. The molecule has 2 heterocycles. The summed E-state index contributed by atoms with van der Waals surface area (Å²) in [4.78, 5) is 4.27. The minimum absolute atomic E-state index is 0.0933. The zero-order valence-corrected chi connectivity index (χ0v) is 17.6. The van der Waals surface area contributed by atoms with Gasteiger partial charge in [-0.05, 0) is 35.4 Å². The van der Waals surface area contributed by atoms with Crippen LogP contribution in [0.25, 0.3) is 17.1 Å². The summed E-state index contributed by atoms with van der Waals surface area (Å²) in [5, 5.41) is 10.1. The lowest BCUT2D eigenvalue weighted by molar-refractivity contribution is 0.881. The molecule has 0 fully saturated rings. The summed E-state index contributed by atoms with van der Waals surface area (Å²) in [5.74, 6) is 0.779. The third kappa shape index (κ3) is 4.13. The van der Waals surface area contributed by atoms with Gasteiger partial charge in [-0.3, -0.25) is 9.55 Å². The molecule has 0 atom stereocenters. The van der Waals surface area contributed by atoms with E-state index in [9.17, 15) is 0 Å². The van der Waals surface area contributed by atoms with Crippen molar-refractivity contribution in [3.8, 4) is 17.1 Å². The molecule has 0 unspecified atom stereocenters. The van der Waals surface area contributed by atoms with Crippen LogP contribution in [0, 0.1) is 0 Å². The van der Waals surface area contributed by atoms with E-state index in [1.807, 2.05) is 48.7 Å². The Morgan fingerprint density at radius 2 is 1.26 bits per heavy atom. The molecular formula is C26H20N4S. The van der Waals surface area contributed by atoms with Gasteiger partial charge in [0, 0.05) is 23.6 Å². The van der Waals surface area contributed by atoms with Crippen molar-refractivity contribution in [3.63, 3.8) is 0 Å². The van der Waals surface area contributed by atoms with Crippen molar-refractivity contribution in [3.05, 3.63) is 127 Å². The van der Waals surface area contributed by atoms with Gasteiger partial charge in [0.25, 0.3) is 0 Å². The van der Waals surface area contributed by atoms with E-state index in [1.165, 1.54) is 11.1 Å². The monoisotopic (exact) mass is 420 g/mol. The minimum Gasteiger partial charge on any atom is -0.270 e. The molecule has 5 heteroatoms. The normalized spacial score (nSPS) is 11.0. The Morgan fingerprint density at radius 1 is 0.645 bits per heavy atom. The average molecular weight is 421 g/mol. The van der Waals surface area contributed by atoms with Crippen LogP contribution in [0.3, 0.4) is 0 Å². The Morgan fingerprint density at radius 3 is 1.84 bits per heavy atom. The van der Waals surface area contributed by atoms with Crippen LogP contribution < -0.4 is 0 Å². The van der Waals surface area contributed by atoms with E-state index in [2.05, 4.69) is 80.4 Å². The SMILES string of the molecule is c1ccc(C(Sc2nnc(-c3cccnc3)n2-c2ccccc2)c2ccccc2)cc1. The Hall–Kier alpha value is -3.70. The first kappa shape index (κ1) is 19.3. The number of thioether (sulfide) groups is 1. The van der Waals surface area contributed by atoms with Gasteiger partial charge in [0.05, 0.1) is 5.25 Å². The lowest BCUT2D eigenvalue weighted by atomic mass is 10.0. The lowest BCUT2D eigenvalue weighted by Gasteiger charge is -2.18. The maximum atomic E-state index is 4.61. The lowest BCUT2D eigenvalue weighted by Crippen LogP contribution is -2.03. The second-order valence-electron chi connectivity index (χ2n) is 7.04. The standard InChI is InChI=1S/C26H20N4S/c1-4-11-20(12-5-1)24(21-13-6-2-7-14-21)31-26-29-28-25(22-15-10-18-27-19-22)30(26)23-16-8-3-9-17-23/h1-19,24H. The third-order valence-corrected chi connectivity index (χ3v) is 6.25. The average Bonchev–Trinajstić information content (AvgIpc) is 3.28. The molecule has 0 saturated carbocycles. The van der Waals surface area contributed by atoms with E-state index in [1.54, 1.807) is 18.0 Å². The highest BCUT2D eigenvalue weighted by atomic mass is 32.2. The van der Waals surface area contributed by atoms with Crippen molar-refractivity contribution >= 4 is 11.8 Å². The number of para-hydroxylation sites is 1. The number of rotatable bonds is 6. The van der Waals surface area contributed by atoms with Gasteiger partial charge in [-0.1, -0.05) is 90.6 Å². The van der Waals surface area contributed by atoms with E-state index in [4.69, 9.17) is 0 Å². The van der Waals surface area contributed by atoms with E-state index in [-0.39, 0.29) is 5.25 Å². The molecule has 0 bridgehead atoms. The topological polar surface area (TPSA) is 43.6 Å². The molecule has 2 aromatic heterocycles. The Labute approximate surface area is 185 Å². The molecule has 31 heavy (non-hydrogen) atoms. The Kier molecular flexibility index (Phi) is 5.58. The largest absolute Gasteiger partial charge is 0.270 e. The van der Waals surface area contributed by atoms with Crippen LogP contribution >= 0.6 is 11.8 Å². The fourth-order valence-electron chi connectivity index (χ4n) is 3.53. The van der Waals surface area contributed by atoms with Crippen LogP contribution in [0.5, 0.6) is 0 Å². The van der Waals surface area contributed by atoms with Crippen molar-refractivity contribution in [2.45, 2.75) is 10.4 Å². The predicted molar refractivity (Wildman–Crippen MR) is 125 cm³/mol. The smallest absolute Gasteiger partial charge is 0.197 e. The highest BCUT2D eigenvalue weighted by Gasteiger charge is 2.22. The highest BCUT2D eigenvalue weighted by Crippen LogP contribution is 2.41. The van der Waals surface area contributed by atoms with E-state index in [0.29, 0.717) is 0 Å². The number of pyridine rings is 1. The van der Waals surface area contributed by atoms with Crippen molar-refractivity contribution in [1.82, 2.24) is 19.7 Å². The molecule has 3 aromatic carbocycles. The van der Waals surface area contributed by atoms with Gasteiger partial charge >= 0.3 is 0 Å². The highest BCUT2D eigenvalue weighted by molar-refractivity contribution is 7.99. The summed E-state index contributed by atoms with van der Waals surface area (Å²) in [6, 6.07) is 35.2. The first-order valence-electron chi connectivity index (χ1n) is 10.1. The second-order valence-corrected chi connectivity index (χ2v) is 8.11. The molecule has 4 nitrogen and oxygen atoms in total. The van der Waals surface area contributed by atoms with Crippen LogP contribution in [0.4, 0.5) is 0 Å².